The van der Waals surface area contributed by atoms with Gasteiger partial charge < -0.3 is 21.3 Å². The van der Waals surface area contributed by atoms with Gasteiger partial charge in [-0.3, -0.25) is 4.79 Å². The third-order valence-corrected chi connectivity index (χ3v) is 5.93. The lowest BCUT2D eigenvalue weighted by molar-refractivity contribution is 0.100. The fraction of sp³-hybridized carbons (Fsp3) is 0.417. The van der Waals surface area contributed by atoms with Gasteiger partial charge in [0.2, 0.25) is 0 Å². The Morgan fingerprint density at radius 2 is 2.10 bits per heavy atom. The Balaban J connectivity index is 1.61. The zero-order valence-corrected chi connectivity index (χ0v) is 18.6. The first-order valence-electron chi connectivity index (χ1n) is 10.9. The quantitative estimate of drug-likeness (QED) is 0.439. The van der Waals surface area contributed by atoms with Crippen molar-refractivity contribution >= 4 is 17.1 Å². The average molecular weight is 421 g/mol. The number of likely N-dealkylation sites (N-methyl/N-ethyl adjacent to an activating group) is 1. The van der Waals surface area contributed by atoms with Gasteiger partial charge in [-0.05, 0) is 63.0 Å². The van der Waals surface area contributed by atoms with E-state index < -0.39 is 5.91 Å². The van der Waals surface area contributed by atoms with Gasteiger partial charge in [-0.2, -0.15) is 5.10 Å². The summed E-state index contributed by atoms with van der Waals surface area (Å²) < 4.78 is 1.83. The van der Waals surface area contributed by atoms with Gasteiger partial charge in [-0.15, -0.1) is 0 Å². The molecule has 1 unspecified atom stereocenters. The summed E-state index contributed by atoms with van der Waals surface area (Å²) in [6.07, 6.45) is 6.02. The molecule has 2 aromatic heterocycles. The van der Waals surface area contributed by atoms with E-state index in [1.807, 2.05) is 10.7 Å². The second-order valence-corrected chi connectivity index (χ2v) is 8.81. The maximum atomic E-state index is 12.0. The molecular weight excluding hydrogens is 388 g/mol. The predicted octanol–water partition coefficient (Wildman–Crippen LogP) is 2.96. The lowest BCUT2D eigenvalue weighted by Gasteiger charge is -2.17. The largest absolute Gasteiger partial charge is 0.380 e. The number of hydrogen-bond donors (Lipinski definition) is 3. The summed E-state index contributed by atoms with van der Waals surface area (Å²) >= 11 is 0. The SMILES string of the molecule is CC(Nc1c(C(N)=O)cnn2cc(-c3cccc(CNCCN(C)C)c3)cc12)C1CC1. The topological polar surface area (TPSA) is 87.7 Å². The molecule has 4 N–H and O–H groups in total. The van der Waals surface area contributed by atoms with Crippen molar-refractivity contribution in [3.8, 4) is 11.1 Å². The second-order valence-electron chi connectivity index (χ2n) is 8.81. The van der Waals surface area contributed by atoms with Crippen LogP contribution in [0, 0.1) is 5.92 Å². The number of aromatic nitrogens is 2. The number of nitrogens with two attached hydrogens (primary N) is 1. The van der Waals surface area contributed by atoms with E-state index in [4.69, 9.17) is 5.73 Å². The first-order chi connectivity index (χ1) is 14.9. The van der Waals surface area contributed by atoms with E-state index in [1.165, 1.54) is 18.4 Å². The van der Waals surface area contributed by atoms with Gasteiger partial charge in [0, 0.05) is 37.4 Å². The van der Waals surface area contributed by atoms with Crippen molar-refractivity contribution in [2.24, 2.45) is 11.7 Å². The Morgan fingerprint density at radius 1 is 1.29 bits per heavy atom. The van der Waals surface area contributed by atoms with Gasteiger partial charge in [-0.1, -0.05) is 18.2 Å². The minimum atomic E-state index is -0.464. The molecule has 3 aromatic rings. The Hall–Kier alpha value is -2.90. The van der Waals surface area contributed by atoms with Crippen LogP contribution in [0.3, 0.4) is 0 Å². The third kappa shape index (κ3) is 5.06. The Kier molecular flexibility index (Phi) is 6.25. The molecule has 1 aromatic carbocycles. The van der Waals surface area contributed by atoms with Crippen LogP contribution in [0.15, 0.2) is 42.7 Å². The van der Waals surface area contributed by atoms with Crippen LogP contribution in [-0.4, -0.2) is 53.6 Å². The van der Waals surface area contributed by atoms with Crippen molar-refractivity contribution < 1.29 is 4.79 Å². The van der Waals surface area contributed by atoms with Crippen LogP contribution in [0.25, 0.3) is 16.6 Å². The van der Waals surface area contributed by atoms with Gasteiger partial charge in [0.1, 0.15) is 0 Å². The number of nitrogens with one attached hydrogen (secondary N) is 2. The highest BCUT2D eigenvalue weighted by Gasteiger charge is 2.29. The van der Waals surface area contributed by atoms with Gasteiger partial charge in [0.15, 0.2) is 0 Å². The van der Waals surface area contributed by atoms with E-state index in [2.05, 4.69) is 72.0 Å². The van der Waals surface area contributed by atoms with Crippen LogP contribution in [0.4, 0.5) is 5.69 Å². The molecule has 164 valence electrons. The summed E-state index contributed by atoms with van der Waals surface area (Å²) in [7, 11) is 4.15. The molecule has 7 nitrogen and oxygen atoms in total. The van der Waals surface area contributed by atoms with Crippen LogP contribution in [0.1, 0.15) is 35.7 Å². The van der Waals surface area contributed by atoms with Crippen molar-refractivity contribution in [3.05, 3.63) is 53.9 Å². The molecular formula is C24H32N6O. The number of rotatable bonds is 10. The summed E-state index contributed by atoms with van der Waals surface area (Å²) in [4.78, 5) is 14.2. The van der Waals surface area contributed by atoms with Gasteiger partial charge in [0.25, 0.3) is 5.91 Å². The number of benzene rings is 1. The normalized spacial score (nSPS) is 14.8. The molecule has 1 aliphatic rings. The zero-order chi connectivity index (χ0) is 22.0. The lowest BCUT2D eigenvalue weighted by atomic mass is 10.1. The van der Waals surface area contributed by atoms with Crippen LogP contribution in [-0.2, 0) is 6.54 Å². The maximum Gasteiger partial charge on any atom is 0.252 e. The molecule has 1 fully saturated rings. The molecule has 4 rings (SSSR count). The molecule has 1 saturated carbocycles. The monoisotopic (exact) mass is 420 g/mol. The molecule has 0 bridgehead atoms. The summed E-state index contributed by atoms with van der Waals surface area (Å²) in [6.45, 7) is 4.94. The summed E-state index contributed by atoms with van der Waals surface area (Å²) in [6, 6.07) is 10.9. The number of hydrogen-bond acceptors (Lipinski definition) is 5. The minimum absolute atomic E-state index is 0.291. The van der Waals surface area contributed by atoms with Crippen molar-refractivity contribution in [3.63, 3.8) is 0 Å². The number of primary amides is 1. The number of nitrogens with zero attached hydrogens (tertiary/aromatic N) is 3. The van der Waals surface area contributed by atoms with Crippen molar-refractivity contribution in [1.29, 1.82) is 0 Å². The Bertz CT molecular complexity index is 1070. The van der Waals surface area contributed by atoms with E-state index >= 15 is 0 Å². The van der Waals surface area contributed by atoms with Gasteiger partial charge in [0.05, 0.1) is 23.0 Å². The van der Waals surface area contributed by atoms with Crippen LogP contribution in [0.5, 0.6) is 0 Å². The standard InChI is InChI=1S/C24H32N6O/c1-16(18-7-8-18)28-23-21(24(25)31)14-27-30-15-20(12-22(23)30)19-6-4-5-17(11-19)13-26-9-10-29(2)3/h4-6,11-12,14-16,18,26,28H,7-10,13H2,1-3H3,(H2,25,31). The zero-order valence-electron chi connectivity index (χ0n) is 18.6. The van der Waals surface area contributed by atoms with Gasteiger partial charge in [-0.25, -0.2) is 4.52 Å². The summed E-state index contributed by atoms with van der Waals surface area (Å²) in [5.74, 6) is 0.189. The van der Waals surface area contributed by atoms with Gasteiger partial charge >= 0.3 is 0 Å². The summed E-state index contributed by atoms with van der Waals surface area (Å²) in [5.41, 5.74) is 11.1. The Morgan fingerprint density at radius 3 is 2.81 bits per heavy atom. The van der Waals surface area contributed by atoms with Crippen molar-refractivity contribution in [2.45, 2.75) is 32.4 Å². The van der Waals surface area contributed by atoms with Crippen molar-refractivity contribution in [2.75, 3.05) is 32.5 Å². The number of anilines is 1. The second kappa shape index (κ2) is 9.08. The number of amides is 1. The smallest absolute Gasteiger partial charge is 0.252 e. The molecule has 0 spiro atoms. The minimum Gasteiger partial charge on any atom is -0.380 e. The van der Waals surface area contributed by atoms with Crippen LogP contribution in [0.2, 0.25) is 0 Å². The van der Waals surface area contributed by atoms with E-state index in [9.17, 15) is 4.79 Å². The molecule has 0 saturated heterocycles. The molecule has 0 radical (unpaired) electrons. The number of carbonyl (C=O) groups is 1. The molecule has 1 atom stereocenters. The molecule has 1 aliphatic carbocycles. The van der Waals surface area contributed by atoms with Crippen LogP contribution < -0.4 is 16.4 Å². The highest BCUT2D eigenvalue weighted by atomic mass is 16.1. The number of carbonyl (C=O) groups excluding carboxylic acids is 1. The average Bonchev–Trinajstić information content (AvgIpc) is 3.50. The fourth-order valence-corrected chi connectivity index (χ4v) is 3.89. The Labute approximate surface area is 183 Å². The fourth-order valence-electron chi connectivity index (χ4n) is 3.89. The van der Waals surface area contributed by atoms with E-state index in [-0.39, 0.29) is 0 Å². The molecule has 0 aliphatic heterocycles. The van der Waals surface area contributed by atoms with Crippen molar-refractivity contribution in [1.82, 2.24) is 19.8 Å². The highest BCUT2D eigenvalue weighted by molar-refractivity contribution is 6.02. The molecule has 7 heteroatoms. The summed E-state index contributed by atoms with van der Waals surface area (Å²) in [5, 5.41) is 11.5. The van der Waals surface area contributed by atoms with Crippen LogP contribution >= 0.6 is 0 Å². The molecule has 2 heterocycles. The predicted molar refractivity (Wildman–Crippen MR) is 125 cm³/mol. The molecule has 31 heavy (non-hydrogen) atoms. The molecule has 1 amide bonds. The third-order valence-electron chi connectivity index (χ3n) is 5.93. The van der Waals surface area contributed by atoms with E-state index in [0.717, 1.165) is 42.0 Å². The van der Waals surface area contributed by atoms with E-state index in [0.29, 0.717) is 17.5 Å². The lowest BCUT2D eigenvalue weighted by Crippen LogP contribution is -2.26. The number of fused-ring (bicyclic) bond motifs is 1. The first kappa shape index (κ1) is 21.3. The highest BCUT2D eigenvalue weighted by Crippen LogP contribution is 2.36. The maximum absolute atomic E-state index is 12.0. The first-order valence-corrected chi connectivity index (χ1v) is 10.9. The van der Waals surface area contributed by atoms with E-state index in [1.54, 1.807) is 6.20 Å².